The molecule has 4 rings (SSSR count). The number of benzene rings is 1. The van der Waals surface area contributed by atoms with Crippen LogP contribution in [0.3, 0.4) is 0 Å². The van der Waals surface area contributed by atoms with Crippen LogP contribution in [0.2, 0.25) is 0 Å². The number of aromatic nitrogens is 3. The van der Waals surface area contributed by atoms with Crippen molar-refractivity contribution in [3.05, 3.63) is 53.2 Å². The minimum absolute atomic E-state index is 0.0342. The fourth-order valence-corrected chi connectivity index (χ4v) is 4.36. The Labute approximate surface area is 153 Å². The second-order valence-electron chi connectivity index (χ2n) is 6.02. The third kappa shape index (κ3) is 3.39. The van der Waals surface area contributed by atoms with Crippen molar-refractivity contribution < 1.29 is 9.18 Å². The predicted octanol–water partition coefficient (Wildman–Crippen LogP) is 4.84. The molecule has 1 aromatic carbocycles. The molecule has 1 aliphatic carbocycles. The van der Waals surface area contributed by atoms with Gasteiger partial charge >= 0.3 is 0 Å². The van der Waals surface area contributed by atoms with E-state index in [1.165, 1.54) is 36.0 Å². The van der Waals surface area contributed by atoms with Crippen molar-refractivity contribution in [1.82, 2.24) is 14.8 Å². The van der Waals surface area contributed by atoms with Gasteiger partial charge < -0.3 is 0 Å². The number of ketones is 1. The summed E-state index contributed by atoms with van der Waals surface area (Å²) in [6, 6.07) is 10.1. The van der Waals surface area contributed by atoms with Crippen LogP contribution in [0.15, 0.2) is 46.9 Å². The van der Waals surface area contributed by atoms with E-state index in [-0.39, 0.29) is 16.9 Å². The van der Waals surface area contributed by atoms with Crippen molar-refractivity contribution in [2.24, 2.45) is 0 Å². The van der Waals surface area contributed by atoms with E-state index in [0.29, 0.717) is 11.6 Å². The summed E-state index contributed by atoms with van der Waals surface area (Å²) < 4.78 is 15.2. The monoisotopic (exact) mass is 373 g/mol. The number of rotatable bonds is 6. The summed E-state index contributed by atoms with van der Waals surface area (Å²) in [6.07, 6.45) is 2.23. The fraction of sp³-hybridized carbons (Fsp3) is 0.278. The zero-order chi connectivity index (χ0) is 17.4. The van der Waals surface area contributed by atoms with Crippen molar-refractivity contribution in [1.29, 1.82) is 0 Å². The molecular formula is C18H16FN3OS2. The number of hydrogen-bond acceptors (Lipinski definition) is 5. The number of carbonyl (C=O) groups is 1. The number of halogens is 1. The Balaban J connectivity index is 1.58. The van der Waals surface area contributed by atoms with Crippen LogP contribution in [0.25, 0.3) is 10.7 Å². The van der Waals surface area contributed by atoms with Crippen LogP contribution >= 0.6 is 23.1 Å². The van der Waals surface area contributed by atoms with Gasteiger partial charge in [0.15, 0.2) is 16.8 Å². The Bertz CT molecular complexity index is 886. The normalized spacial score (nSPS) is 15.3. The molecular weight excluding hydrogens is 357 g/mol. The van der Waals surface area contributed by atoms with Gasteiger partial charge in [-0.15, -0.1) is 21.5 Å². The Morgan fingerprint density at radius 2 is 2.04 bits per heavy atom. The fourth-order valence-electron chi connectivity index (χ4n) is 2.65. The number of thioether (sulfide) groups is 1. The smallest absolute Gasteiger partial charge is 0.192 e. The van der Waals surface area contributed by atoms with Crippen LogP contribution in [-0.2, 0) is 0 Å². The Morgan fingerprint density at radius 3 is 2.68 bits per heavy atom. The molecule has 0 amide bonds. The summed E-state index contributed by atoms with van der Waals surface area (Å²) in [5.41, 5.74) is 0.511. The van der Waals surface area contributed by atoms with Crippen LogP contribution in [0, 0.1) is 5.82 Å². The largest absolute Gasteiger partial charge is 0.298 e. The van der Waals surface area contributed by atoms with Gasteiger partial charge in [0.05, 0.1) is 10.1 Å². The van der Waals surface area contributed by atoms with Crippen LogP contribution < -0.4 is 0 Å². The average molecular weight is 373 g/mol. The molecule has 4 nitrogen and oxygen atoms in total. The van der Waals surface area contributed by atoms with Crippen LogP contribution in [-0.4, -0.2) is 25.8 Å². The van der Waals surface area contributed by atoms with Crippen molar-refractivity contribution >= 4 is 28.9 Å². The molecule has 0 radical (unpaired) electrons. The van der Waals surface area contributed by atoms with E-state index in [0.717, 1.165) is 28.7 Å². The second kappa shape index (κ2) is 6.72. The molecule has 1 atom stereocenters. The number of nitrogens with zero attached hydrogens (tertiary/aromatic N) is 3. The summed E-state index contributed by atoms with van der Waals surface area (Å²) in [5, 5.41) is 11.2. The maximum absolute atomic E-state index is 13.0. The van der Waals surface area contributed by atoms with Gasteiger partial charge in [-0.25, -0.2) is 4.39 Å². The van der Waals surface area contributed by atoms with Crippen molar-refractivity contribution in [2.75, 3.05) is 0 Å². The molecule has 2 heterocycles. The Hall–Kier alpha value is -1.99. The number of carbonyl (C=O) groups excluding carboxylic acids is 1. The first-order valence-electron chi connectivity index (χ1n) is 8.08. The predicted molar refractivity (Wildman–Crippen MR) is 97.7 cm³/mol. The Kier molecular flexibility index (Phi) is 4.43. The van der Waals surface area contributed by atoms with E-state index < -0.39 is 0 Å². The lowest BCUT2D eigenvalue weighted by Crippen LogP contribution is -2.14. The van der Waals surface area contributed by atoms with Gasteiger partial charge in [0.2, 0.25) is 0 Å². The highest BCUT2D eigenvalue weighted by atomic mass is 32.2. The summed E-state index contributed by atoms with van der Waals surface area (Å²) in [4.78, 5) is 13.7. The first-order valence-corrected chi connectivity index (χ1v) is 9.84. The maximum atomic E-state index is 13.0. The van der Waals surface area contributed by atoms with Crippen LogP contribution in [0.4, 0.5) is 4.39 Å². The molecule has 0 spiro atoms. The molecule has 3 aromatic rings. The lowest BCUT2D eigenvalue weighted by atomic mass is 10.1. The molecule has 1 fully saturated rings. The molecule has 0 saturated heterocycles. The molecule has 25 heavy (non-hydrogen) atoms. The molecule has 0 N–H and O–H groups in total. The highest BCUT2D eigenvalue weighted by molar-refractivity contribution is 8.00. The number of Topliss-reactive ketones (excluding diaryl/α,β-unsaturated/α-hetero) is 1. The number of thiophene rings is 1. The highest BCUT2D eigenvalue weighted by Gasteiger charge is 2.31. The van der Waals surface area contributed by atoms with E-state index in [1.54, 1.807) is 11.3 Å². The maximum Gasteiger partial charge on any atom is 0.192 e. The van der Waals surface area contributed by atoms with Gasteiger partial charge in [-0.2, -0.15) is 0 Å². The second-order valence-corrected chi connectivity index (χ2v) is 8.27. The average Bonchev–Trinajstić information content (AvgIpc) is 3.14. The summed E-state index contributed by atoms with van der Waals surface area (Å²) in [6.45, 7) is 1.85. The van der Waals surface area contributed by atoms with Crippen molar-refractivity contribution in [3.8, 4) is 10.7 Å². The summed E-state index contributed by atoms with van der Waals surface area (Å²) in [7, 11) is 0. The SMILES string of the molecule is CC(Sc1nnc(-c2cccs2)n1C1CC1)C(=O)c1ccc(F)cc1. The van der Waals surface area contributed by atoms with Gasteiger partial charge in [-0.1, -0.05) is 17.8 Å². The molecule has 0 aliphatic heterocycles. The van der Waals surface area contributed by atoms with E-state index in [2.05, 4.69) is 14.8 Å². The van der Waals surface area contributed by atoms with E-state index in [1.807, 2.05) is 24.4 Å². The van der Waals surface area contributed by atoms with Crippen LogP contribution in [0.5, 0.6) is 0 Å². The first kappa shape index (κ1) is 16.5. The van der Waals surface area contributed by atoms with Gasteiger partial charge in [0.1, 0.15) is 5.82 Å². The van der Waals surface area contributed by atoms with Gasteiger partial charge in [-0.3, -0.25) is 9.36 Å². The molecule has 1 saturated carbocycles. The van der Waals surface area contributed by atoms with E-state index in [4.69, 9.17) is 0 Å². The first-order chi connectivity index (χ1) is 12.1. The summed E-state index contributed by atoms with van der Waals surface area (Å²) >= 11 is 3.05. The van der Waals surface area contributed by atoms with Crippen molar-refractivity contribution in [3.63, 3.8) is 0 Å². The standard InChI is InChI=1S/C18H16FN3OS2/c1-11(16(23)12-4-6-13(19)7-5-12)25-18-21-20-17(15-3-2-10-24-15)22(18)14-8-9-14/h2-7,10-11,14H,8-9H2,1H3. The molecule has 7 heteroatoms. The zero-order valence-electron chi connectivity index (χ0n) is 13.6. The topological polar surface area (TPSA) is 47.8 Å². The van der Waals surface area contributed by atoms with Gasteiger partial charge in [0.25, 0.3) is 0 Å². The lowest BCUT2D eigenvalue weighted by Gasteiger charge is -2.12. The quantitative estimate of drug-likeness (QED) is 0.458. The molecule has 2 aromatic heterocycles. The van der Waals surface area contributed by atoms with Crippen LogP contribution in [0.1, 0.15) is 36.2 Å². The highest BCUT2D eigenvalue weighted by Crippen LogP contribution is 2.42. The molecule has 1 unspecified atom stereocenters. The summed E-state index contributed by atoms with van der Waals surface area (Å²) in [5.74, 6) is 0.500. The lowest BCUT2D eigenvalue weighted by molar-refractivity contribution is 0.0994. The molecule has 1 aliphatic rings. The van der Waals surface area contributed by atoms with Crippen molar-refractivity contribution in [2.45, 2.75) is 36.2 Å². The minimum Gasteiger partial charge on any atom is -0.298 e. The Morgan fingerprint density at radius 1 is 1.28 bits per heavy atom. The third-order valence-electron chi connectivity index (χ3n) is 4.10. The van der Waals surface area contributed by atoms with E-state index in [9.17, 15) is 9.18 Å². The molecule has 128 valence electrons. The van der Waals surface area contributed by atoms with Gasteiger partial charge in [0, 0.05) is 11.6 Å². The zero-order valence-corrected chi connectivity index (χ0v) is 15.2. The molecule has 0 bridgehead atoms. The van der Waals surface area contributed by atoms with Gasteiger partial charge in [-0.05, 0) is 55.5 Å². The number of hydrogen-bond donors (Lipinski definition) is 0. The van der Waals surface area contributed by atoms with E-state index >= 15 is 0 Å². The third-order valence-corrected chi connectivity index (χ3v) is 6.02. The minimum atomic E-state index is -0.342.